The molecule has 1 aromatic carbocycles. The number of ether oxygens (including phenoxy) is 3. The molecule has 3 heterocycles. The molecule has 0 atom stereocenters. The highest BCUT2D eigenvalue weighted by atomic mass is 16.6. The van der Waals surface area contributed by atoms with Gasteiger partial charge in [-0.3, -0.25) is 0 Å². The molecular formula is C28H39N5O4. The normalized spacial score (nSPS) is 17.0. The topological polar surface area (TPSA) is 100.0 Å². The van der Waals surface area contributed by atoms with Gasteiger partial charge in [-0.15, -0.1) is 0 Å². The van der Waals surface area contributed by atoms with Crippen LogP contribution in [0.25, 0.3) is 10.9 Å². The van der Waals surface area contributed by atoms with Gasteiger partial charge >= 0.3 is 6.09 Å². The van der Waals surface area contributed by atoms with E-state index in [2.05, 4.69) is 21.3 Å². The molecule has 2 fully saturated rings. The minimum Gasteiger partial charge on any atom is -0.493 e. The summed E-state index contributed by atoms with van der Waals surface area (Å²) in [6.07, 6.45) is 4.80. The van der Waals surface area contributed by atoms with Crippen molar-refractivity contribution >= 4 is 22.7 Å². The number of amides is 1. The van der Waals surface area contributed by atoms with Crippen LogP contribution in [0, 0.1) is 11.3 Å². The number of carbonyl (C=O) groups excluding carboxylic acids is 1. The first-order valence-electron chi connectivity index (χ1n) is 13.3. The first-order chi connectivity index (χ1) is 17.8. The SMILES string of the molecule is COc1cc2c(NC3CCN(C(=O)OC(C)(C)C)CC3)cc(C#N)nc2cc1OCCCN1CCCC1. The standard InChI is InChI=1S/C28H39N5O4/c1-28(2,3)37-27(34)33-13-8-20(9-14-33)30-23-16-21(19-29)31-24-18-26(25(35-4)17-22(23)24)36-15-7-12-32-10-5-6-11-32/h16-18,20H,5-15H2,1-4H3,(H,30,31). The van der Waals surface area contributed by atoms with Crippen LogP contribution in [0.1, 0.15) is 58.6 Å². The highest BCUT2D eigenvalue weighted by molar-refractivity contribution is 5.94. The van der Waals surface area contributed by atoms with E-state index in [4.69, 9.17) is 14.2 Å². The van der Waals surface area contributed by atoms with Gasteiger partial charge in [-0.25, -0.2) is 9.78 Å². The van der Waals surface area contributed by atoms with Crippen LogP contribution in [0.4, 0.5) is 10.5 Å². The molecule has 9 heteroatoms. The largest absolute Gasteiger partial charge is 0.493 e. The molecule has 2 saturated heterocycles. The number of piperidine rings is 1. The van der Waals surface area contributed by atoms with Crippen molar-refractivity contribution in [3.05, 3.63) is 23.9 Å². The molecule has 2 aromatic rings. The third-order valence-corrected chi connectivity index (χ3v) is 6.79. The van der Waals surface area contributed by atoms with E-state index < -0.39 is 5.60 Å². The molecule has 1 aromatic heterocycles. The first kappa shape index (κ1) is 26.8. The smallest absolute Gasteiger partial charge is 0.410 e. The fourth-order valence-corrected chi connectivity index (χ4v) is 4.91. The molecule has 0 saturated carbocycles. The van der Waals surface area contributed by atoms with E-state index in [-0.39, 0.29) is 12.1 Å². The van der Waals surface area contributed by atoms with Crippen LogP contribution in [-0.2, 0) is 4.74 Å². The molecule has 200 valence electrons. The van der Waals surface area contributed by atoms with Gasteiger partial charge in [0, 0.05) is 42.8 Å². The van der Waals surface area contributed by atoms with Gasteiger partial charge in [-0.05, 0) is 78.1 Å². The minimum atomic E-state index is -0.509. The number of rotatable bonds is 8. The van der Waals surface area contributed by atoms with E-state index in [1.165, 1.54) is 25.9 Å². The Kier molecular flexibility index (Phi) is 8.59. The Balaban J connectivity index is 1.44. The molecule has 2 aliphatic heterocycles. The Bertz CT molecular complexity index is 1130. The molecule has 37 heavy (non-hydrogen) atoms. The van der Waals surface area contributed by atoms with Crippen molar-refractivity contribution in [2.45, 2.75) is 64.5 Å². The predicted octanol–water partition coefficient (Wildman–Crippen LogP) is 4.79. The quantitative estimate of drug-likeness (QED) is 0.507. The molecule has 9 nitrogen and oxygen atoms in total. The zero-order valence-electron chi connectivity index (χ0n) is 22.5. The maximum Gasteiger partial charge on any atom is 0.410 e. The molecule has 0 aliphatic carbocycles. The summed E-state index contributed by atoms with van der Waals surface area (Å²) >= 11 is 0. The van der Waals surface area contributed by atoms with Crippen LogP contribution < -0.4 is 14.8 Å². The van der Waals surface area contributed by atoms with E-state index >= 15 is 0 Å². The van der Waals surface area contributed by atoms with Crippen LogP contribution in [0.3, 0.4) is 0 Å². The number of nitrogens with zero attached hydrogens (tertiary/aromatic N) is 4. The van der Waals surface area contributed by atoms with Gasteiger partial charge in [0.1, 0.15) is 17.4 Å². The second-order valence-electron chi connectivity index (χ2n) is 10.8. The monoisotopic (exact) mass is 509 g/mol. The fraction of sp³-hybridized carbons (Fsp3) is 0.607. The van der Waals surface area contributed by atoms with E-state index in [1.807, 2.05) is 32.9 Å². The van der Waals surface area contributed by atoms with Gasteiger partial charge in [0.25, 0.3) is 0 Å². The first-order valence-corrected chi connectivity index (χ1v) is 13.3. The second-order valence-corrected chi connectivity index (χ2v) is 10.8. The number of anilines is 1. The lowest BCUT2D eigenvalue weighted by Gasteiger charge is -2.34. The summed E-state index contributed by atoms with van der Waals surface area (Å²) < 4.78 is 17.2. The summed E-state index contributed by atoms with van der Waals surface area (Å²) in [5, 5.41) is 14.1. The molecule has 1 amide bonds. The Labute approximate surface area is 219 Å². The Morgan fingerprint density at radius 3 is 2.51 bits per heavy atom. The van der Waals surface area contributed by atoms with Crippen molar-refractivity contribution < 1.29 is 19.0 Å². The van der Waals surface area contributed by atoms with Crippen molar-refractivity contribution in [3.8, 4) is 17.6 Å². The number of methoxy groups -OCH3 is 1. The van der Waals surface area contributed by atoms with Crippen LogP contribution in [0.5, 0.6) is 11.5 Å². The molecule has 0 radical (unpaired) electrons. The number of fused-ring (bicyclic) bond motifs is 1. The molecule has 2 aliphatic rings. The highest BCUT2D eigenvalue weighted by Gasteiger charge is 2.27. The van der Waals surface area contributed by atoms with Crippen molar-refractivity contribution in [3.63, 3.8) is 0 Å². The average molecular weight is 510 g/mol. The molecular weight excluding hydrogens is 470 g/mol. The van der Waals surface area contributed by atoms with Crippen molar-refractivity contribution in [1.82, 2.24) is 14.8 Å². The van der Waals surface area contributed by atoms with E-state index in [0.29, 0.717) is 42.4 Å². The van der Waals surface area contributed by atoms with Gasteiger partial charge in [0.15, 0.2) is 11.5 Å². The van der Waals surface area contributed by atoms with Crippen LogP contribution in [0.2, 0.25) is 0 Å². The number of likely N-dealkylation sites (tertiary alicyclic amines) is 2. The summed E-state index contributed by atoms with van der Waals surface area (Å²) in [7, 11) is 1.63. The highest BCUT2D eigenvalue weighted by Crippen LogP contribution is 2.36. The van der Waals surface area contributed by atoms with Gasteiger partial charge in [0.2, 0.25) is 0 Å². The zero-order chi connectivity index (χ0) is 26.4. The summed E-state index contributed by atoms with van der Waals surface area (Å²) in [6.45, 7) is 10.8. The van der Waals surface area contributed by atoms with Gasteiger partial charge in [-0.2, -0.15) is 5.26 Å². The number of carbonyl (C=O) groups is 1. The number of nitrogens with one attached hydrogen (secondary N) is 1. The minimum absolute atomic E-state index is 0.156. The van der Waals surface area contributed by atoms with Crippen LogP contribution in [-0.4, -0.2) is 79.0 Å². The lowest BCUT2D eigenvalue weighted by Crippen LogP contribution is -2.44. The number of benzene rings is 1. The number of hydrogen-bond donors (Lipinski definition) is 1. The lowest BCUT2D eigenvalue weighted by molar-refractivity contribution is 0.0210. The fourth-order valence-electron chi connectivity index (χ4n) is 4.91. The van der Waals surface area contributed by atoms with Crippen molar-refractivity contribution in [2.24, 2.45) is 0 Å². The van der Waals surface area contributed by atoms with Gasteiger partial charge in [0.05, 0.1) is 19.2 Å². The molecule has 0 spiro atoms. The van der Waals surface area contributed by atoms with Crippen molar-refractivity contribution in [1.29, 1.82) is 5.26 Å². The zero-order valence-corrected chi connectivity index (χ0v) is 22.5. The summed E-state index contributed by atoms with van der Waals surface area (Å²) in [4.78, 5) is 21.2. The molecule has 4 rings (SSSR count). The molecule has 0 unspecified atom stereocenters. The van der Waals surface area contributed by atoms with Crippen LogP contribution in [0.15, 0.2) is 18.2 Å². The third-order valence-electron chi connectivity index (χ3n) is 6.79. The number of pyridine rings is 1. The Hall–Kier alpha value is -3.25. The predicted molar refractivity (Wildman–Crippen MR) is 143 cm³/mol. The summed E-state index contributed by atoms with van der Waals surface area (Å²) in [5.41, 5.74) is 1.34. The van der Waals surface area contributed by atoms with Gasteiger partial charge in [-0.1, -0.05) is 0 Å². The molecule has 1 N–H and O–H groups in total. The summed E-state index contributed by atoms with van der Waals surface area (Å²) in [6, 6.07) is 7.90. The number of nitriles is 1. The van der Waals surface area contributed by atoms with Gasteiger partial charge < -0.3 is 29.3 Å². The average Bonchev–Trinajstić information content (AvgIpc) is 3.39. The summed E-state index contributed by atoms with van der Waals surface area (Å²) in [5.74, 6) is 1.28. The third kappa shape index (κ3) is 7.16. The number of aromatic nitrogens is 1. The van der Waals surface area contributed by atoms with Crippen LogP contribution >= 0.6 is 0 Å². The Morgan fingerprint density at radius 1 is 1.14 bits per heavy atom. The maximum atomic E-state index is 12.4. The lowest BCUT2D eigenvalue weighted by atomic mass is 10.0. The van der Waals surface area contributed by atoms with E-state index in [1.54, 1.807) is 18.1 Å². The Morgan fingerprint density at radius 2 is 1.86 bits per heavy atom. The molecule has 0 bridgehead atoms. The van der Waals surface area contributed by atoms with E-state index in [9.17, 15) is 10.1 Å². The second kappa shape index (κ2) is 11.9. The van der Waals surface area contributed by atoms with E-state index in [0.717, 1.165) is 36.9 Å². The number of hydrogen-bond acceptors (Lipinski definition) is 8. The maximum absolute atomic E-state index is 12.4. The van der Waals surface area contributed by atoms with Crippen molar-refractivity contribution in [2.75, 3.05) is 51.8 Å².